The van der Waals surface area contributed by atoms with E-state index in [1.54, 1.807) is 6.20 Å². The number of hydrogen-bond acceptors (Lipinski definition) is 3. The molecule has 2 fully saturated rings. The summed E-state index contributed by atoms with van der Waals surface area (Å²) in [5.74, 6) is 0.919. The Morgan fingerprint density at radius 2 is 2.22 bits per heavy atom. The minimum Gasteiger partial charge on any atom is -0.470 e. The SMILES string of the molecule is CC1(C)C2CCC1(C)C(Oc1ncc[nH]c1=O)C2. The molecule has 1 heterocycles. The highest BCUT2D eigenvalue weighted by molar-refractivity contribution is 5.14. The van der Waals surface area contributed by atoms with Crippen molar-refractivity contribution >= 4 is 0 Å². The van der Waals surface area contributed by atoms with Crippen LogP contribution in [0.5, 0.6) is 5.88 Å². The van der Waals surface area contributed by atoms with E-state index in [9.17, 15) is 4.79 Å². The average Bonchev–Trinajstić information content (AvgIpc) is 2.65. The Labute approximate surface area is 107 Å². The van der Waals surface area contributed by atoms with Crippen LogP contribution >= 0.6 is 0 Å². The van der Waals surface area contributed by atoms with Gasteiger partial charge in [-0.2, -0.15) is 0 Å². The number of hydrogen-bond donors (Lipinski definition) is 1. The zero-order chi connectivity index (χ0) is 13.0. The monoisotopic (exact) mass is 248 g/mol. The topological polar surface area (TPSA) is 55.0 Å². The molecule has 1 aromatic rings. The molecule has 4 nitrogen and oxygen atoms in total. The third-order valence-corrected chi connectivity index (χ3v) is 5.64. The fourth-order valence-electron chi connectivity index (χ4n) is 3.87. The lowest BCUT2D eigenvalue weighted by Gasteiger charge is -2.38. The van der Waals surface area contributed by atoms with Gasteiger partial charge in [0.15, 0.2) is 0 Å². The molecule has 0 saturated heterocycles. The van der Waals surface area contributed by atoms with Crippen molar-refractivity contribution in [2.24, 2.45) is 16.7 Å². The first kappa shape index (κ1) is 11.8. The van der Waals surface area contributed by atoms with Crippen molar-refractivity contribution in [2.45, 2.75) is 46.1 Å². The van der Waals surface area contributed by atoms with E-state index in [0.29, 0.717) is 11.3 Å². The summed E-state index contributed by atoms with van der Waals surface area (Å²) in [5, 5.41) is 0. The molecule has 3 atom stereocenters. The number of ether oxygens (including phenoxy) is 1. The summed E-state index contributed by atoms with van der Waals surface area (Å²) in [6, 6.07) is 0. The first-order valence-corrected chi connectivity index (χ1v) is 6.65. The third-order valence-electron chi connectivity index (χ3n) is 5.64. The van der Waals surface area contributed by atoms with Gasteiger partial charge in [0.2, 0.25) is 0 Å². The van der Waals surface area contributed by atoms with E-state index in [-0.39, 0.29) is 23.0 Å². The summed E-state index contributed by atoms with van der Waals surface area (Å²) in [4.78, 5) is 18.3. The van der Waals surface area contributed by atoms with Gasteiger partial charge in [0.05, 0.1) is 0 Å². The van der Waals surface area contributed by atoms with Crippen LogP contribution in [0.3, 0.4) is 0 Å². The van der Waals surface area contributed by atoms with Gasteiger partial charge in [-0.3, -0.25) is 4.79 Å². The molecule has 0 amide bonds. The molecule has 2 bridgehead atoms. The van der Waals surface area contributed by atoms with E-state index >= 15 is 0 Å². The van der Waals surface area contributed by atoms with Gasteiger partial charge in [-0.15, -0.1) is 0 Å². The fraction of sp³-hybridized carbons (Fsp3) is 0.714. The predicted molar refractivity (Wildman–Crippen MR) is 68.5 cm³/mol. The van der Waals surface area contributed by atoms with E-state index in [1.807, 2.05) is 0 Å². The van der Waals surface area contributed by atoms with Crippen molar-refractivity contribution in [2.75, 3.05) is 0 Å². The van der Waals surface area contributed by atoms with Crippen LogP contribution in [-0.2, 0) is 0 Å². The molecule has 98 valence electrons. The molecule has 0 aromatic carbocycles. The quantitative estimate of drug-likeness (QED) is 0.874. The number of fused-ring (bicyclic) bond motifs is 2. The average molecular weight is 248 g/mol. The molecule has 3 unspecified atom stereocenters. The van der Waals surface area contributed by atoms with Gasteiger partial charge in [-0.25, -0.2) is 4.98 Å². The van der Waals surface area contributed by atoms with Crippen LogP contribution in [0.2, 0.25) is 0 Å². The summed E-state index contributed by atoms with van der Waals surface area (Å²) in [6.45, 7) is 6.95. The maximum Gasteiger partial charge on any atom is 0.310 e. The van der Waals surface area contributed by atoms with Gasteiger partial charge >= 0.3 is 5.56 Å². The van der Waals surface area contributed by atoms with Crippen molar-refractivity contribution in [1.82, 2.24) is 9.97 Å². The summed E-state index contributed by atoms with van der Waals surface area (Å²) in [7, 11) is 0. The van der Waals surface area contributed by atoms with Crippen LogP contribution in [0.15, 0.2) is 17.2 Å². The minimum atomic E-state index is -0.235. The van der Waals surface area contributed by atoms with Crippen molar-refractivity contribution in [1.29, 1.82) is 0 Å². The Kier molecular flexibility index (Phi) is 2.34. The van der Waals surface area contributed by atoms with Gasteiger partial charge < -0.3 is 9.72 Å². The standard InChI is InChI=1S/C14H20N2O2/c1-13(2)9-4-5-14(13,3)10(8-9)18-12-11(17)15-6-7-16-12/h6-7,9-10H,4-5,8H2,1-3H3,(H,15,17). The van der Waals surface area contributed by atoms with E-state index in [0.717, 1.165) is 6.42 Å². The molecule has 0 aliphatic heterocycles. The second-order valence-electron chi connectivity index (χ2n) is 6.44. The van der Waals surface area contributed by atoms with Crippen molar-refractivity contribution < 1.29 is 4.74 Å². The van der Waals surface area contributed by atoms with Crippen LogP contribution in [0.1, 0.15) is 40.0 Å². The van der Waals surface area contributed by atoms with Gasteiger partial charge in [0.25, 0.3) is 5.88 Å². The fourth-order valence-corrected chi connectivity index (χ4v) is 3.87. The lowest BCUT2D eigenvalue weighted by Crippen LogP contribution is -2.39. The van der Waals surface area contributed by atoms with Crippen LogP contribution in [0.25, 0.3) is 0 Å². The third kappa shape index (κ3) is 1.38. The highest BCUT2D eigenvalue weighted by Gasteiger charge is 2.62. The normalized spacial score (nSPS) is 36.8. The second kappa shape index (κ2) is 3.59. The van der Waals surface area contributed by atoms with Crippen LogP contribution < -0.4 is 10.3 Å². The zero-order valence-corrected chi connectivity index (χ0v) is 11.2. The molecule has 0 spiro atoms. The molecular weight excluding hydrogens is 228 g/mol. The number of aromatic amines is 1. The molecular formula is C14H20N2O2. The van der Waals surface area contributed by atoms with Crippen molar-refractivity contribution in [3.8, 4) is 5.88 Å². The van der Waals surface area contributed by atoms with Gasteiger partial charge in [0.1, 0.15) is 6.10 Å². The number of H-pyrrole nitrogens is 1. The highest BCUT2D eigenvalue weighted by atomic mass is 16.5. The van der Waals surface area contributed by atoms with E-state index < -0.39 is 0 Å². The summed E-state index contributed by atoms with van der Waals surface area (Å²) >= 11 is 0. The minimum absolute atomic E-state index is 0.113. The van der Waals surface area contributed by atoms with Gasteiger partial charge in [-0.05, 0) is 30.6 Å². The molecule has 2 aliphatic carbocycles. The number of nitrogens with one attached hydrogen (secondary N) is 1. The van der Waals surface area contributed by atoms with E-state index in [2.05, 4.69) is 30.7 Å². The molecule has 18 heavy (non-hydrogen) atoms. The highest BCUT2D eigenvalue weighted by Crippen LogP contribution is 2.65. The number of aromatic nitrogens is 2. The second-order valence-corrected chi connectivity index (χ2v) is 6.44. The summed E-state index contributed by atoms with van der Waals surface area (Å²) in [5.41, 5.74) is 0.211. The molecule has 1 aromatic heterocycles. The molecule has 4 heteroatoms. The van der Waals surface area contributed by atoms with Gasteiger partial charge in [0, 0.05) is 17.8 Å². The smallest absolute Gasteiger partial charge is 0.310 e. The van der Waals surface area contributed by atoms with Gasteiger partial charge in [-0.1, -0.05) is 20.8 Å². The lowest BCUT2D eigenvalue weighted by atomic mass is 9.70. The Balaban J connectivity index is 1.89. The molecule has 2 aliphatic rings. The zero-order valence-electron chi connectivity index (χ0n) is 11.2. The molecule has 1 N–H and O–H groups in total. The van der Waals surface area contributed by atoms with Crippen LogP contribution in [-0.4, -0.2) is 16.1 Å². The Morgan fingerprint density at radius 3 is 2.78 bits per heavy atom. The van der Waals surface area contributed by atoms with Crippen LogP contribution in [0, 0.1) is 16.7 Å². The molecule has 0 radical (unpaired) electrons. The Bertz CT molecular complexity index is 523. The summed E-state index contributed by atoms with van der Waals surface area (Å²) in [6.07, 6.45) is 6.71. The largest absolute Gasteiger partial charge is 0.470 e. The maximum absolute atomic E-state index is 11.6. The lowest BCUT2D eigenvalue weighted by molar-refractivity contribution is 0.0262. The summed E-state index contributed by atoms with van der Waals surface area (Å²) < 4.78 is 5.92. The molecule has 3 rings (SSSR count). The van der Waals surface area contributed by atoms with E-state index in [4.69, 9.17) is 4.74 Å². The number of rotatable bonds is 2. The molecule has 2 saturated carbocycles. The number of nitrogens with zero attached hydrogens (tertiary/aromatic N) is 1. The first-order valence-electron chi connectivity index (χ1n) is 6.65. The van der Waals surface area contributed by atoms with Crippen molar-refractivity contribution in [3.63, 3.8) is 0 Å². The van der Waals surface area contributed by atoms with Crippen LogP contribution in [0.4, 0.5) is 0 Å². The Morgan fingerprint density at radius 1 is 1.44 bits per heavy atom. The maximum atomic E-state index is 11.6. The Hall–Kier alpha value is -1.32. The predicted octanol–water partition coefficient (Wildman–Crippen LogP) is 2.36. The first-order chi connectivity index (χ1) is 8.45. The van der Waals surface area contributed by atoms with E-state index in [1.165, 1.54) is 19.0 Å². The van der Waals surface area contributed by atoms with Crippen molar-refractivity contribution in [3.05, 3.63) is 22.7 Å².